The van der Waals surface area contributed by atoms with E-state index in [9.17, 15) is 0 Å². The molecule has 15 heavy (non-hydrogen) atoms. The molecule has 0 radical (unpaired) electrons. The van der Waals surface area contributed by atoms with E-state index in [0.717, 1.165) is 17.9 Å². The van der Waals surface area contributed by atoms with Gasteiger partial charge in [0.2, 0.25) is 0 Å². The first kappa shape index (κ1) is 9.71. The van der Waals surface area contributed by atoms with E-state index in [4.69, 9.17) is 0 Å². The summed E-state index contributed by atoms with van der Waals surface area (Å²) in [7, 11) is 1.90. The Hall–Kier alpha value is -1.84. The van der Waals surface area contributed by atoms with Crippen LogP contribution in [0.1, 0.15) is 11.3 Å². The lowest BCUT2D eigenvalue weighted by Crippen LogP contribution is -2.02. The molecular formula is C11H14N4. The topological polar surface area (TPSA) is 42.7 Å². The molecule has 0 unspecified atom stereocenters. The molecule has 4 heteroatoms. The van der Waals surface area contributed by atoms with Gasteiger partial charge in [0, 0.05) is 19.4 Å². The van der Waals surface area contributed by atoms with Gasteiger partial charge in [-0.05, 0) is 18.6 Å². The van der Waals surface area contributed by atoms with Gasteiger partial charge in [-0.1, -0.05) is 6.07 Å². The second-order valence-corrected chi connectivity index (χ2v) is 3.52. The minimum atomic E-state index is 0.734. The molecule has 0 spiro atoms. The average Bonchev–Trinajstić information content (AvgIpc) is 2.63. The number of aromatic nitrogens is 3. The third-order valence-electron chi connectivity index (χ3n) is 2.28. The van der Waals surface area contributed by atoms with Gasteiger partial charge in [0.05, 0.1) is 24.1 Å². The average molecular weight is 202 g/mol. The highest BCUT2D eigenvalue weighted by Crippen LogP contribution is 2.08. The number of nitrogens with zero attached hydrogens (tertiary/aromatic N) is 3. The maximum absolute atomic E-state index is 4.31. The quantitative estimate of drug-likeness (QED) is 0.824. The van der Waals surface area contributed by atoms with E-state index in [1.807, 2.05) is 25.5 Å². The number of pyridine rings is 1. The molecule has 0 aliphatic rings. The van der Waals surface area contributed by atoms with Gasteiger partial charge in [0.15, 0.2) is 0 Å². The van der Waals surface area contributed by atoms with Crippen LogP contribution in [-0.2, 0) is 13.6 Å². The number of rotatable bonds is 3. The molecule has 0 aromatic carbocycles. The molecule has 0 aliphatic carbocycles. The van der Waals surface area contributed by atoms with Crippen molar-refractivity contribution in [2.45, 2.75) is 13.5 Å². The predicted octanol–water partition coefficient (Wildman–Crippen LogP) is 1.74. The molecular weight excluding hydrogens is 188 g/mol. The van der Waals surface area contributed by atoms with Crippen LogP contribution in [0.2, 0.25) is 0 Å². The first-order chi connectivity index (χ1) is 7.25. The summed E-state index contributed by atoms with van der Waals surface area (Å²) in [6.07, 6.45) is 5.56. The van der Waals surface area contributed by atoms with Gasteiger partial charge < -0.3 is 5.32 Å². The van der Waals surface area contributed by atoms with Crippen LogP contribution < -0.4 is 5.32 Å². The molecule has 0 atom stereocenters. The summed E-state index contributed by atoms with van der Waals surface area (Å²) < 4.78 is 1.77. The molecule has 0 saturated carbocycles. The number of hydrogen-bond donors (Lipinski definition) is 1. The summed E-state index contributed by atoms with van der Waals surface area (Å²) in [4.78, 5) is 4.31. The Bertz CT molecular complexity index is 447. The number of hydrogen-bond acceptors (Lipinski definition) is 3. The van der Waals surface area contributed by atoms with E-state index in [-0.39, 0.29) is 0 Å². The van der Waals surface area contributed by atoms with Gasteiger partial charge in [-0.3, -0.25) is 9.67 Å². The Morgan fingerprint density at radius 1 is 1.47 bits per heavy atom. The lowest BCUT2D eigenvalue weighted by Gasteiger charge is -2.05. The zero-order valence-electron chi connectivity index (χ0n) is 8.94. The van der Waals surface area contributed by atoms with Crippen LogP contribution in [-0.4, -0.2) is 14.8 Å². The van der Waals surface area contributed by atoms with Crippen molar-refractivity contribution in [3.63, 3.8) is 0 Å². The Kier molecular flexibility index (Phi) is 2.67. The minimum Gasteiger partial charge on any atom is -0.377 e. The van der Waals surface area contributed by atoms with Crippen molar-refractivity contribution >= 4 is 5.69 Å². The SMILES string of the molecule is Cc1cccnc1CNc1cnn(C)c1. The third kappa shape index (κ3) is 2.34. The predicted molar refractivity (Wildman–Crippen MR) is 59.5 cm³/mol. The zero-order chi connectivity index (χ0) is 10.7. The van der Waals surface area contributed by atoms with Gasteiger partial charge >= 0.3 is 0 Å². The Balaban J connectivity index is 2.02. The lowest BCUT2D eigenvalue weighted by molar-refractivity contribution is 0.768. The first-order valence-corrected chi connectivity index (χ1v) is 4.89. The van der Waals surface area contributed by atoms with E-state index in [1.165, 1.54) is 5.56 Å². The molecule has 2 aromatic heterocycles. The Morgan fingerprint density at radius 2 is 2.33 bits per heavy atom. The number of aryl methyl sites for hydroxylation is 2. The highest BCUT2D eigenvalue weighted by molar-refractivity contribution is 5.39. The van der Waals surface area contributed by atoms with Crippen LogP contribution in [0.4, 0.5) is 5.69 Å². The van der Waals surface area contributed by atoms with Crippen molar-refractivity contribution in [2.75, 3.05) is 5.32 Å². The van der Waals surface area contributed by atoms with E-state index in [1.54, 1.807) is 10.9 Å². The van der Waals surface area contributed by atoms with E-state index >= 15 is 0 Å². The van der Waals surface area contributed by atoms with Crippen molar-refractivity contribution in [3.05, 3.63) is 42.0 Å². The van der Waals surface area contributed by atoms with Crippen LogP contribution in [0.3, 0.4) is 0 Å². The van der Waals surface area contributed by atoms with Gasteiger partial charge in [-0.25, -0.2) is 0 Å². The summed E-state index contributed by atoms with van der Waals surface area (Å²) >= 11 is 0. The molecule has 2 heterocycles. The molecule has 2 aromatic rings. The normalized spacial score (nSPS) is 10.3. The summed E-state index contributed by atoms with van der Waals surface area (Å²) in [6, 6.07) is 4.01. The molecule has 0 aliphatic heterocycles. The molecule has 0 amide bonds. The smallest absolute Gasteiger partial charge is 0.0729 e. The molecule has 4 nitrogen and oxygen atoms in total. The van der Waals surface area contributed by atoms with Gasteiger partial charge in [-0.2, -0.15) is 5.10 Å². The van der Waals surface area contributed by atoms with Crippen LogP contribution in [0.25, 0.3) is 0 Å². The van der Waals surface area contributed by atoms with Gasteiger partial charge in [0.1, 0.15) is 0 Å². The highest BCUT2D eigenvalue weighted by Gasteiger charge is 1.99. The van der Waals surface area contributed by atoms with Crippen LogP contribution in [0, 0.1) is 6.92 Å². The van der Waals surface area contributed by atoms with Gasteiger partial charge in [-0.15, -0.1) is 0 Å². The largest absolute Gasteiger partial charge is 0.377 e. The number of anilines is 1. The Morgan fingerprint density at radius 3 is 3.00 bits per heavy atom. The molecule has 0 fully saturated rings. The fourth-order valence-electron chi connectivity index (χ4n) is 1.40. The maximum Gasteiger partial charge on any atom is 0.0729 e. The third-order valence-corrected chi connectivity index (χ3v) is 2.28. The van der Waals surface area contributed by atoms with Crippen LogP contribution in [0.5, 0.6) is 0 Å². The summed E-state index contributed by atoms with van der Waals surface area (Å²) in [5.41, 5.74) is 3.29. The van der Waals surface area contributed by atoms with E-state index in [0.29, 0.717) is 0 Å². The van der Waals surface area contributed by atoms with Crippen molar-refractivity contribution in [2.24, 2.45) is 7.05 Å². The van der Waals surface area contributed by atoms with E-state index < -0.39 is 0 Å². The second-order valence-electron chi connectivity index (χ2n) is 3.52. The fourth-order valence-corrected chi connectivity index (χ4v) is 1.40. The van der Waals surface area contributed by atoms with Crippen molar-refractivity contribution in [3.8, 4) is 0 Å². The molecule has 0 bridgehead atoms. The molecule has 78 valence electrons. The van der Waals surface area contributed by atoms with Crippen molar-refractivity contribution in [1.29, 1.82) is 0 Å². The van der Waals surface area contributed by atoms with Crippen LogP contribution in [0.15, 0.2) is 30.7 Å². The highest BCUT2D eigenvalue weighted by atomic mass is 15.3. The summed E-state index contributed by atoms with van der Waals surface area (Å²) in [6.45, 7) is 2.80. The molecule has 0 saturated heterocycles. The summed E-state index contributed by atoms with van der Waals surface area (Å²) in [5, 5.41) is 7.36. The number of nitrogens with one attached hydrogen (secondary N) is 1. The lowest BCUT2D eigenvalue weighted by atomic mass is 10.2. The second kappa shape index (κ2) is 4.13. The zero-order valence-corrected chi connectivity index (χ0v) is 8.94. The molecule has 2 rings (SSSR count). The minimum absolute atomic E-state index is 0.734. The summed E-state index contributed by atoms with van der Waals surface area (Å²) in [5.74, 6) is 0. The fraction of sp³-hybridized carbons (Fsp3) is 0.273. The van der Waals surface area contributed by atoms with Crippen molar-refractivity contribution < 1.29 is 0 Å². The van der Waals surface area contributed by atoms with Gasteiger partial charge in [0.25, 0.3) is 0 Å². The first-order valence-electron chi connectivity index (χ1n) is 4.89. The van der Waals surface area contributed by atoms with Crippen molar-refractivity contribution in [1.82, 2.24) is 14.8 Å². The molecule has 1 N–H and O–H groups in total. The van der Waals surface area contributed by atoms with E-state index in [2.05, 4.69) is 28.4 Å². The Labute approximate surface area is 89.0 Å². The van der Waals surface area contributed by atoms with Crippen LogP contribution >= 0.6 is 0 Å². The standard InChI is InChI=1S/C11H14N4/c1-9-4-3-5-12-11(9)7-13-10-6-14-15(2)8-10/h3-6,8,13H,7H2,1-2H3. The maximum atomic E-state index is 4.31. The monoisotopic (exact) mass is 202 g/mol.